The molecule has 2 aliphatic heterocycles. The molecule has 0 radical (unpaired) electrons. The van der Waals surface area contributed by atoms with Crippen molar-refractivity contribution in [2.24, 2.45) is 0 Å². The van der Waals surface area contributed by atoms with Crippen LogP contribution in [0.3, 0.4) is 0 Å². The van der Waals surface area contributed by atoms with E-state index in [4.69, 9.17) is 4.74 Å². The van der Waals surface area contributed by atoms with Gasteiger partial charge in [-0.15, -0.1) is 12.4 Å². The van der Waals surface area contributed by atoms with Crippen LogP contribution in [0.2, 0.25) is 0 Å². The third-order valence-corrected chi connectivity index (χ3v) is 4.51. The number of aromatic nitrogens is 1. The summed E-state index contributed by atoms with van der Waals surface area (Å²) in [6.45, 7) is 2.78. The molecule has 0 bridgehead atoms. The Hall–Kier alpha value is -1.78. The average molecular weight is 332 g/mol. The highest BCUT2D eigenvalue weighted by Crippen LogP contribution is 2.38. The molecule has 4 nitrogen and oxygen atoms in total. The first-order chi connectivity index (χ1) is 10.9. The maximum Gasteiger partial charge on any atom is 0.237 e. The summed E-state index contributed by atoms with van der Waals surface area (Å²) < 4.78 is 6.03. The van der Waals surface area contributed by atoms with Gasteiger partial charge in [0, 0.05) is 24.5 Å². The molecule has 1 fully saturated rings. The fraction of sp³-hybridized carbons (Fsp3) is 0.389. The molecule has 1 N–H and O–H groups in total. The number of anilines is 2. The number of rotatable bonds is 4. The van der Waals surface area contributed by atoms with Gasteiger partial charge in [0.05, 0.1) is 0 Å². The van der Waals surface area contributed by atoms with Crippen molar-refractivity contribution < 1.29 is 4.74 Å². The number of halogens is 1. The monoisotopic (exact) mass is 331 g/mol. The molecular weight excluding hydrogens is 310 g/mol. The van der Waals surface area contributed by atoms with Crippen molar-refractivity contribution in [3.63, 3.8) is 0 Å². The maximum atomic E-state index is 6.03. The zero-order chi connectivity index (χ0) is 14.8. The first-order valence-electron chi connectivity index (χ1n) is 8.08. The molecule has 1 aromatic heterocycles. The maximum absolute atomic E-state index is 6.03. The van der Waals surface area contributed by atoms with Gasteiger partial charge < -0.3 is 15.0 Å². The molecule has 23 heavy (non-hydrogen) atoms. The number of fused-ring (bicyclic) bond motifs is 1. The van der Waals surface area contributed by atoms with E-state index in [1.807, 2.05) is 12.3 Å². The number of nitrogens with zero attached hydrogens (tertiary/aromatic N) is 2. The number of benzene rings is 1. The SMILES string of the molecule is Cl.c1ccc2c(c1)CCN2c1cccnc1OC[C@@H]1CCCN1. The van der Waals surface area contributed by atoms with Gasteiger partial charge in [-0.2, -0.15) is 0 Å². The van der Waals surface area contributed by atoms with E-state index in [1.54, 1.807) is 0 Å². The zero-order valence-electron chi connectivity index (χ0n) is 13.1. The summed E-state index contributed by atoms with van der Waals surface area (Å²) in [7, 11) is 0. The lowest BCUT2D eigenvalue weighted by molar-refractivity contribution is 0.268. The van der Waals surface area contributed by atoms with Crippen LogP contribution >= 0.6 is 12.4 Å². The minimum absolute atomic E-state index is 0. The highest BCUT2D eigenvalue weighted by atomic mass is 35.5. The Morgan fingerprint density at radius 2 is 2.04 bits per heavy atom. The molecule has 4 rings (SSSR count). The van der Waals surface area contributed by atoms with Crippen LogP contribution < -0.4 is 15.0 Å². The highest BCUT2D eigenvalue weighted by molar-refractivity contribution is 5.85. The average Bonchev–Trinajstić information content (AvgIpc) is 3.23. The first-order valence-corrected chi connectivity index (χ1v) is 8.08. The van der Waals surface area contributed by atoms with Gasteiger partial charge in [-0.1, -0.05) is 18.2 Å². The van der Waals surface area contributed by atoms with Crippen molar-refractivity contribution in [2.75, 3.05) is 24.6 Å². The van der Waals surface area contributed by atoms with Gasteiger partial charge in [0.25, 0.3) is 0 Å². The summed E-state index contributed by atoms with van der Waals surface area (Å²) >= 11 is 0. The van der Waals surface area contributed by atoms with Crippen LogP contribution in [0, 0.1) is 0 Å². The Morgan fingerprint density at radius 3 is 2.91 bits per heavy atom. The predicted octanol–water partition coefficient (Wildman–Crippen LogP) is 3.33. The number of para-hydroxylation sites is 1. The smallest absolute Gasteiger partial charge is 0.237 e. The Morgan fingerprint density at radius 1 is 1.17 bits per heavy atom. The topological polar surface area (TPSA) is 37.4 Å². The summed E-state index contributed by atoms with van der Waals surface area (Å²) in [6, 6.07) is 13.1. The lowest BCUT2D eigenvalue weighted by atomic mass is 10.2. The lowest BCUT2D eigenvalue weighted by Crippen LogP contribution is -2.28. The molecule has 1 atom stereocenters. The minimum Gasteiger partial charge on any atom is -0.475 e. The number of nitrogens with one attached hydrogen (secondary N) is 1. The second-order valence-electron chi connectivity index (χ2n) is 5.96. The van der Waals surface area contributed by atoms with Crippen LogP contribution in [0.4, 0.5) is 11.4 Å². The molecule has 0 spiro atoms. The van der Waals surface area contributed by atoms with Gasteiger partial charge in [0.2, 0.25) is 5.88 Å². The summed E-state index contributed by atoms with van der Waals surface area (Å²) in [6.07, 6.45) is 5.31. The second kappa shape index (κ2) is 7.20. The molecule has 2 aromatic rings. The molecule has 0 saturated carbocycles. The summed E-state index contributed by atoms with van der Waals surface area (Å²) in [5.74, 6) is 0.743. The van der Waals surface area contributed by atoms with Gasteiger partial charge in [-0.05, 0) is 49.6 Å². The molecule has 0 unspecified atom stereocenters. The number of ether oxygens (including phenoxy) is 1. The van der Waals surface area contributed by atoms with E-state index >= 15 is 0 Å². The van der Waals surface area contributed by atoms with Gasteiger partial charge in [-0.3, -0.25) is 0 Å². The van der Waals surface area contributed by atoms with Gasteiger partial charge in [-0.25, -0.2) is 4.98 Å². The van der Waals surface area contributed by atoms with Crippen LogP contribution in [-0.4, -0.2) is 30.7 Å². The standard InChI is InChI=1S/C18H21N3O.ClH/c1-2-7-16-14(5-1)9-12-21(16)17-8-4-11-20-18(17)22-13-15-6-3-10-19-15;/h1-2,4-5,7-8,11,15,19H,3,6,9-10,12-13H2;1H/t15-;/m0./s1. The molecule has 1 saturated heterocycles. The lowest BCUT2D eigenvalue weighted by Gasteiger charge is -2.22. The number of hydrogen-bond donors (Lipinski definition) is 1. The molecule has 2 aliphatic rings. The third kappa shape index (κ3) is 3.28. The second-order valence-corrected chi connectivity index (χ2v) is 5.96. The van der Waals surface area contributed by atoms with Crippen LogP contribution in [-0.2, 0) is 6.42 Å². The highest BCUT2D eigenvalue weighted by Gasteiger charge is 2.23. The van der Waals surface area contributed by atoms with E-state index in [1.165, 1.54) is 24.1 Å². The van der Waals surface area contributed by atoms with E-state index in [-0.39, 0.29) is 12.4 Å². The Bertz CT molecular complexity index is 658. The van der Waals surface area contributed by atoms with Gasteiger partial charge in [0.1, 0.15) is 12.3 Å². The van der Waals surface area contributed by atoms with Crippen molar-refractivity contribution in [3.05, 3.63) is 48.2 Å². The van der Waals surface area contributed by atoms with E-state index in [9.17, 15) is 0 Å². The molecule has 0 amide bonds. The summed E-state index contributed by atoms with van der Waals surface area (Å²) in [5, 5.41) is 3.47. The molecule has 0 aliphatic carbocycles. The fourth-order valence-corrected chi connectivity index (χ4v) is 3.37. The fourth-order valence-electron chi connectivity index (χ4n) is 3.37. The van der Waals surface area contributed by atoms with Gasteiger partial charge in [0.15, 0.2) is 0 Å². The third-order valence-electron chi connectivity index (χ3n) is 4.51. The van der Waals surface area contributed by atoms with Crippen LogP contribution in [0.25, 0.3) is 0 Å². The Labute approximate surface area is 143 Å². The normalized spacial score (nSPS) is 19.3. The van der Waals surface area contributed by atoms with E-state index in [0.29, 0.717) is 12.6 Å². The molecular formula is C18H22ClN3O. The van der Waals surface area contributed by atoms with Crippen LogP contribution in [0.15, 0.2) is 42.6 Å². The number of hydrogen-bond acceptors (Lipinski definition) is 4. The zero-order valence-corrected chi connectivity index (χ0v) is 13.9. The van der Waals surface area contributed by atoms with Crippen molar-refractivity contribution in [1.29, 1.82) is 0 Å². The van der Waals surface area contributed by atoms with Crippen molar-refractivity contribution in [3.8, 4) is 5.88 Å². The van der Waals surface area contributed by atoms with Crippen LogP contribution in [0.1, 0.15) is 18.4 Å². The van der Waals surface area contributed by atoms with Crippen LogP contribution in [0.5, 0.6) is 5.88 Å². The first kappa shape index (κ1) is 16.1. The molecule has 1 aromatic carbocycles. The predicted molar refractivity (Wildman–Crippen MR) is 95.2 cm³/mol. The van der Waals surface area contributed by atoms with E-state index in [0.717, 1.165) is 31.1 Å². The summed E-state index contributed by atoms with van der Waals surface area (Å²) in [4.78, 5) is 6.78. The molecule has 3 heterocycles. The Balaban J connectivity index is 0.00000156. The van der Waals surface area contributed by atoms with Gasteiger partial charge >= 0.3 is 0 Å². The largest absolute Gasteiger partial charge is 0.475 e. The quantitative estimate of drug-likeness (QED) is 0.932. The van der Waals surface area contributed by atoms with Crippen molar-refractivity contribution >= 4 is 23.8 Å². The minimum atomic E-state index is 0. The summed E-state index contributed by atoms with van der Waals surface area (Å²) in [5.41, 5.74) is 3.75. The molecule has 5 heteroatoms. The molecule has 122 valence electrons. The Kier molecular flexibility index (Phi) is 5.03. The van der Waals surface area contributed by atoms with Crippen molar-refractivity contribution in [1.82, 2.24) is 10.3 Å². The van der Waals surface area contributed by atoms with Crippen molar-refractivity contribution in [2.45, 2.75) is 25.3 Å². The number of pyridine rings is 1. The van der Waals surface area contributed by atoms with E-state index < -0.39 is 0 Å². The van der Waals surface area contributed by atoms with E-state index in [2.05, 4.69) is 45.5 Å².